The first-order valence-corrected chi connectivity index (χ1v) is 8.85. The minimum Gasteiger partial charge on any atom is -0.339 e. The molecule has 0 spiro atoms. The van der Waals surface area contributed by atoms with Crippen molar-refractivity contribution < 1.29 is 9.32 Å². The molecule has 2 aromatic rings. The lowest BCUT2D eigenvalue weighted by Gasteiger charge is -2.17. The van der Waals surface area contributed by atoms with Crippen molar-refractivity contribution >= 4 is 24.1 Å². The number of nitrogens with two attached hydrogens (primary N) is 1. The summed E-state index contributed by atoms with van der Waals surface area (Å²) in [5, 5.41) is 9.64. The highest BCUT2D eigenvalue weighted by molar-refractivity contribution is 5.89. The van der Waals surface area contributed by atoms with Crippen molar-refractivity contribution in [2.45, 2.75) is 51.0 Å². The van der Waals surface area contributed by atoms with Crippen molar-refractivity contribution in [3.63, 3.8) is 0 Å². The number of carbonyl (C=O) groups is 1. The molecule has 142 valence electrons. The molecule has 4 N–H and O–H groups in total. The molecule has 0 unspecified atom stereocenters. The molecule has 8 heteroatoms. The van der Waals surface area contributed by atoms with Gasteiger partial charge in [0, 0.05) is 12.2 Å². The van der Waals surface area contributed by atoms with E-state index in [0.717, 1.165) is 43.4 Å². The Balaban J connectivity index is 0.00000243. The van der Waals surface area contributed by atoms with E-state index in [4.69, 9.17) is 10.3 Å². The number of benzene rings is 1. The van der Waals surface area contributed by atoms with Crippen LogP contribution in [0.5, 0.6) is 0 Å². The Kier molecular flexibility index (Phi) is 6.99. The van der Waals surface area contributed by atoms with Crippen LogP contribution in [0.15, 0.2) is 28.8 Å². The van der Waals surface area contributed by atoms with Gasteiger partial charge in [-0.2, -0.15) is 4.98 Å². The van der Waals surface area contributed by atoms with Gasteiger partial charge in [-0.05, 0) is 37.0 Å². The molecule has 0 bridgehead atoms. The normalized spacial score (nSPS) is 15.3. The molecule has 1 heterocycles. The first-order chi connectivity index (χ1) is 12.1. The number of anilines is 1. The van der Waals surface area contributed by atoms with Crippen molar-refractivity contribution in [3.8, 4) is 0 Å². The second-order valence-corrected chi connectivity index (χ2v) is 6.63. The quantitative estimate of drug-likeness (QED) is 0.713. The first-order valence-electron chi connectivity index (χ1n) is 8.85. The molecule has 1 fully saturated rings. The van der Waals surface area contributed by atoms with Crippen molar-refractivity contribution in [1.82, 2.24) is 15.5 Å². The lowest BCUT2D eigenvalue weighted by atomic mass is 9.99. The van der Waals surface area contributed by atoms with Crippen LogP contribution in [0.3, 0.4) is 0 Å². The Morgan fingerprint density at radius 1 is 1.27 bits per heavy atom. The maximum absolute atomic E-state index is 11.6. The molecule has 0 aliphatic heterocycles. The van der Waals surface area contributed by atoms with Crippen LogP contribution >= 0.6 is 12.4 Å². The van der Waals surface area contributed by atoms with E-state index in [0.29, 0.717) is 24.7 Å². The summed E-state index contributed by atoms with van der Waals surface area (Å²) in [6, 6.07) is 7.40. The van der Waals surface area contributed by atoms with Gasteiger partial charge < -0.3 is 20.9 Å². The van der Waals surface area contributed by atoms with Gasteiger partial charge in [0.25, 0.3) is 0 Å². The third-order valence-electron chi connectivity index (χ3n) is 4.51. The molecule has 1 aliphatic rings. The van der Waals surface area contributed by atoms with Crippen LogP contribution < -0.4 is 16.4 Å². The van der Waals surface area contributed by atoms with Gasteiger partial charge in [-0.25, -0.2) is 4.79 Å². The van der Waals surface area contributed by atoms with Crippen LogP contribution in [-0.4, -0.2) is 22.7 Å². The van der Waals surface area contributed by atoms with Gasteiger partial charge in [-0.3, -0.25) is 0 Å². The van der Waals surface area contributed by atoms with Crippen LogP contribution in [0.4, 0.5) is 10.5 Å². The fourth-order valence-corrected chi connectivity index (χ4v) is 3.05. The number of amides is 2. The molecule has 0 atom stereocenters. The molecule has 1 aliphatic carbocycles. The predicted molar refractivity (Wildman–Crippen MR) is 102 cm³/mol. The molecule has 2 amide bonds. The van der Waals surface area contributed by atoms with E-state index in [1.807, 2.05) is 31.2 Å². The van der Waals surface area contributed by atoms with E-state index in [9.17, 15) is 4.79 Å². The number of nitrogens with zero attached hydrogens (tertiary/aromatic N) is 2. The Morgan fingerprint density at radius 3 is 2.62 bits per heavy atom. The van der Waals surface area contributed by atoms with Gasteiger partial charge in [0.2, 0.25) is 5.89 Å². The third kappa shape index (κ3) is 4.95. The fraction of sp³-hybridized carbons (Fsp3) is 0.500. The number of hydrogen-bond acceptors (Lipinski definition) is 5. The topological polar surface area (TPSA) is 106 Å². The molecule has 7 nitrogen and oxygen atoms in total. The maximum atomic E-state index is 11.6. The van der Waals surface area contributed by atoms with Gasteiger partial charge in [0.1, 0.15) is 0 Å². The monoisotopic (exact) mass is 379 g/mol. The van der Waals surface area contributed by atoms with Crippen molar-refractivity contribution in [2.24, 2.45) is 5.73 Å². The lowest BCUT2D eigenvalue weighted by molar-refractivity contribution is 0.252. The number of urea groups is 1. The van der Waals surface area contributed by atoms with Gasteiger partial charge in [0.05, 0.1) is 12.0 Å². The molecule has 0 saturated heterocycles. The first kappa shape index (κ1) is 20.2. The van der Waals surface area contributed by atoms with Gasteiger partial charge >= 0.3 is 6.03 Å². The number of hydrogen-bond donors (Lipinski definition) is 3. The maximum Gasteiger partial charge on any atom is 0.319 e. The summed E-state index contributed by atoms with van der Waals surface area (Å²) < 4.78 is 5.36. The van der Waals surface area contributed by atoms with E-state index < -0.39 is 5.54 Å². The van der Waals surface area contributed by atoms with Crippen molar-refractivity contribution in [1.29, 1.82) is 0 Å². The summed E-state index contributed by atoms with van der Waals surface area (Å²) in [5.74, 6) is 1.18. The highest BCUT2D eigenvalue weighted by Gasteiger charge is 2.35. The standard InChI is InChI=1S/C18H25N5O2.ClH/c1-2-11-20-17(24)21-14-7-5-13(6-8-14)12-15-22-16(23-25-15)18(19)9-3-4-10-18;/h5-8H,2-4,9-12,19H2,1H3,(H2,20,21,24);1H. The molecular formula is C18H26ClN5O2. The van der Waals surface area contributed by atoms with Crippen molar-refractivity contribution in [3.05, 3.63) is 41.5 Å². The lowest BCUT2D eigenvalue weighted by Crippen LogP contribution is -2.34. The zero-order valence-corrected chi connectivity index (χ0v) is 15.8. The van der Waals surface area contributed by atoms with E-state index in [-0.39, 0.29) is 18.4 Å². The molecular weight excluding hydrogens is 354 g/mol. The molecule has 26 heavy (non-hydrogen) atoms. The Bertz CT molecular complexity index is 711. The number of rotatable bonds is 6. The minimum absolute atomic E-state index is 0. The Hall–Kier alpha value is -2.12. The average Bonchev–Trinajstić information content (AvgIpc) is 3.25. The Morgan fingerprint density at radius 2 is 1.96 bits per heavy atom. The highest BCUT2D eigenvalue weighted by Crippen LogP contribution is 2.34. The molecule has 3 rings (SSSR count). The average molecular weight is 380 g/mol. The molecule has 1 saturated carbocycles. The zero-order chi connectivity index (χ0) is 17.7. The number of nitrogens with one attached hydrogen (secondary N) is 2. The van der Waals surface area contributed by atoms with E-state index in [1.165, 1.54) is 0 Å². The summed E-state index contributed by atoms with van der Waals surface area (Å²) in [4.78, 5) is 16.1. The highest BCUT2D eigenvalue weighted by atomic mass is 35.5. The predicted octanol–water partition coefficient (Wildman–Crippen LogP) is 3.34. The SMILES string of the molecule is CCCNC(=O)Nc1ccc(Cc2nc(C3(N)CCCC3)no2)cc1.Cl. The fourth-order valence-electron chi connectivity index (χ4n) is 3.05. The summed E-state index contributed by atoms with van der Waals surface area (Å²) >= 11 is 0. The summed E-state index contributed by atoms with van der Waals surface area (Å²) in [6.07, 6.45) is 5.49. The van der Waals surface area contributed by atoms with E-state index in [1.54, 1.807) is 0 Å². The number of halogens is 1. The Labute approximate surface area is 159 Å². The van der Waals surface area contributed by atoms with E-state index in [2.05, 4.69) is 20.8 Å². The van der Waals surface area contributed by atoms with Gasteiger partial charge in [-0.1, -0.05) is 37.1 Å². The molecule has 0 radical (unpaired) electrons. The summed E-state index contributed by atoms with van der Waals surface area (Å²) in [7, 11) is 0. The second kappa shape index (κ2) is 9.00. The van der Waals surface area contributed by atoms with Gasteiger partial charge in [-0.15, -0.1) is 12.4 Å². The molecule has 1 aromatic carbocycles. The van der Waals surface area contributed by atoms with Crippen LogP contribution in [0.2, 0.25) is 0 Å². The third-order valence-corrected chi connectivity index (χ3v) is 4.51. The summed E-state index contributed by atoms with van der Waals surface area (Å²) in [6.45, 7) is 2.67. The molecule has 1 aromatic heterocycles. The van der Waals surface area contributed by atoms with Crippen LogP contribution in [0, 0.1) is 0 Å². The number of carbonyl (C=O) groups excluding carboxylic acids is 1. The van der Waals surface area contributed by atoms with Crippen LogP contribution in [0.1, 0.15) is 56.3 Å². The second-order valence-electron chi connectivity index (χ2n) is 6.63. The van der Waals surface area contributed by atoms with E-state index >= 15 is 0 Å². The van der Waals surface area contributed by atoms with Crippen LogP contribution in [0.25, 0.3) is 0 Å². The van der Waals surface area contributed by atoms with Crippen LogP contribution in [-0.2, 0) is 12.0 Å². The zero-order valence-electron chi connectivity index (χ0n) is 15.0. The van der Waals surface area contributed by atoms with Crippen molar-refractivity contribution in [2.75, 3.05) is 11.9 Å². The number of aromatic nitrogens is 2. The summed E-state index contributed by atoms with van der Waals surface area (Å²) in [5.41, 5.74) is 7.71. The van der Waals surface area contributed by atoms with Gasteiger partial charge in [0.15, 0.2) is 5.82 Å². The smallest absolute Gasteiger partial charge is 0.319 e. The largest absolute Gasteiger partial charge is 0.339 e. The minimum atomic E-state index is -0.429.